The fourth-order valence-electron chi connectivity index (χ4n) is 1.21. The zero-order valence-corrected chi connectivity index (χ0v) is 11.6. The minimum atomic E-state index is 0. The van der Waals surface area contributed by atoms with Crippen molar-refractivity contribution in [3.8, 4) is 0 Å². The minimum absolute atomic E-state index is 0. The van der Waals surface area contributed by atoms with Crippen LogP contribution in [0.15, 0.2) is 35.2 Å². The Labute approximate surface area is 113 Å². The summed E-state index contributed by atoms with van der Waals surface area (Å²) in [5.74, 6) is 0.591. The van der Waals surface area contributed by atoms with E-state index >= 15 is 0 Å². The average molecular weight is 275 g/mol. The maximum absolute atomic E-state index is 11.4. The molecule has 5 heteroatoms. The van der Waals surface area contributed by atoms with Gasteiger partial charge in [0.2, 0.25) is 5.91 Å². The molecule has 0 aliphatic carbocycles. The number of carbonyl (C=O) groups is 1. The van der Waals surface area contributed by atoms with E-state index in [-0.39, 0.29) is 18.3 Å². The molecule has 1 rings (SSSR count). The number of hydrogen-bond acceptors (Lipinski definition) is 3. The standard InChI is InChI=1S/C12H18N2OS.ClH/c1-13-8-5-9-14-12(15)10-16-11-6-3-2-4-7-11;/h2-4,6-7,13H,5,8-10H2,1H3,(H,14,15);1H. The van der Waals surface area contributed by atoms with Gasteiger partial charge in [-0.1, -0.05) is 18.2 Å². The number of nitrogens with one attached hydrogen (secondary N) is 2. The van der Waals surface area contributed by atoms with Crippen LogP contribution >= 0.6 is 24.2 Å². The van der Waals surface area contributed by atoms with Gasteiger partial charge in [-0.15, -0.1) is 24.2 Å². The maximum atomic E-state index is 11.4. The van der Waals surface area contributed by atoms with Crippen LogP contribution in [0.2, 0.25) is 0 Å². The molecule has 0 radical (unpaired) electrons. The summed E-state index contributed by atoms with van der Waals surface area (Å²) in [7, 11) is 1.91. The van der Waals surface area contributed by atoms with Gasteiger partial charge in [-0.2, -0.15) is 0 Å². The summed E-state index contributed by atoms with van der Waals surface area (Å²) in [5.41, 5.74) is 0. The van der Waals surface area contributed by atoms with Crippen molar-refractivity contribution in [3.63, 3.8) is 0 Å². The van der Waals surface area contributed by atoms with E-state index < -0.39 is 0 Å². The molecule has 0 bridgehead atoms. The van der Waals surface area contributed by atoms with Gasteiger partial charge >= 0.3 is 0 Å². The highest BCUT2D eigenvalue weighted by molar-refractivity contribution is 8.00. The van der Waals surface area contributed by atoms with E-state index in [1.807, 2.05) is 37.4 Å². The molecule has 0 aliphatic rings. The van der Waals surface area contributed by atoms with Gasteiger partial charge in [0.05, 0.1) is 5.75 Å². The Morgan fingerprint density at radius 2 is 1.94 bits per heavy atom. The molecule has 3 nitrogen and oxygen atoms in total. The second-order valence-corrected chi connectivity index (χ2v) is 4.46. The molecule has 1 amide bonds. The van der Waals surface area contributed by atoms with Gasteiger partial charge in [0.25, 0.3) is 0 Å². The zero-order chi connectivity index (χ0) is 11.6. The zero-order valence-electron chi connectivity index (χ0n) is 9.94. The fourth-order valence-corrected chi connectivity index (χ4v) is 1.96. The molecule has 0 aliphatic heterocycles. The lowest BCUT2D eigenvalue weighted by Crippen LogP contribution is -2.27. The Morgan fingerprint density at radius 1 is 1.24 bits per heavy atom. The molecule has 0 aromatic heterocycles. The van der Waals surface area contributed by atoms with Crippen molar-refractivity contribution in [2.24, 2.45) is 0 Å². The second kappa shape index (κ2) is 10.4. The summed E-state index contributed by atoms with van der Waals surface area (Å²) < 4.78 is 0. The van der Waals surface area contributed by atoms with Crippen molar-refractivity contribution in [1.29, 1.82) is 0 Å². The molecule has 0 saturated carbocycles. The molecule has 1 aromatic carbocycles. The quantitative estimate of drug-likeness (QED) is 0.590. The summed E-state index contributed by atoms with van der Waals surface area (Å²) in [5, 5.41) is 5.93. The highest BCUT2D eigenvalue weighted by Gasteiger charge is 2.01. The summed E-state index contributed by atoms with van der Waals surface area (Å²) in [4.78, 5) is 12.6. The van der Waals surface area contributed by atoms with Crippen LogP contribution in [0.4, 0.5) is 0 Å². The van der Waals surface area contributed by atoms with Crippen LogP contribution in [0.25, 0.3) is 0 Å². The van der Waals surface area contributed by atoms with Crippen LogP contribution in [-0.4, -0.2) is 31.8 Å². The number of amides is 1. The van der Waals surface area contributed by atoms with Crippen molar-refractivity contribution >= 4 is 30.1 Å². The molecule has 2 N–H and O–H groups in total. The Hall–Kier alpha value is -0.710. The molecule has 0 atom stereocenters. The molecule has 0 heterocycles. The smallest absolute Gasteiger partial charge is 0.230 e. The third-order valence-electron chi connectivity index (χ3n) is 2.04. The summed E-state index contributed by atoms with van der Waals surface area (Å²) >= 11 is 1.56. The number of halogens is 1. The van der Waals surface area contributed by atoms with Crippen molar-refractivity contribution in [3.05, 3.63) is 30.3 Å². The maximum Gasteiger partial charge on any atom is 0.230 e. The van der Waals surface area contributed by atoms with Gasteiger partial charge in [-0.05, 0) is 32.1 Å². The average Bonchev–Trinajstić information content (AvgIpc) is 2.33. The van der Waals surface area contributed by atoms with E-state index in [0.717, 1.165) is 24.4 Å². The van der Waals surface area contributed by atoms with Crippen LogP contribution in [-0.2, 0) is 4.79 Å². The van der Waals surface area contributed by atoms with Gasteiger partial charge < -0.3 is 10.6 Å². The lowest BCUT2D eigenvalue weighted by atomic mass is 10.4. The summed E-state index contributed by atoms with van der Waals surface area (Å²) in [6.45, 7) is 1.68. The van der Waals surface area contributed by atoms with Gasteiger partial charge in [0, 0.05) is 11.4 Å². The van der Waals surface area contributed by atoms with Gasteiger partial charge in [-0.25, -0.2) is 0 Å². The van der Waals surface area contributed by atoms with Crippen LogP contribution in [0.1, 0.15) is 6.42 Å². The topological polar surface area (TPSA) is 41.1 Å². The first-order valence-electron chi connectivity index (χ1n) is 5.42. The Bertz CT molecular complexity index is 309. The van der Waals surface area contributed by atoms with E-state index in [9.17, 15) is 4.79 Å². The van der Waals surface area contributed by atoms with E-state index in [0.29, 0.717) is 5.75 Å². The van der Waals surface area contributed by atoms with E-state index in [1.165, 1.54) is 0 Å². The van der Waals surface area contributed by atoms with Crippen molar-refractivity contribution in [1.82, 2.24) is 10.6 Å². The Balaban J connectivity index is 0.00000256. The van der Waals surface area contributed by atoms with Crippen LogP contribution in [0, 0.1) is 0 Å². The second-order valence-electron chi connectivity index (χ2n) is 3.41. The molecular weight excluding hydrogens is 256 g/mol. The SMILES string of the molecule is CNCCCNC(=O)CSc1ccccc1.Cl. The van der Waals surface area contributed by atoms with Gasteiger partial charge in [-0.3, -0.25) is 4.79 Å². The summed E-state index contributed by atoms with van der Waals surface area (Å²) in [6.07, 6.45) is 0.970. The van der Waals surface area contributed by atoms with Crippen LogP contribution < -0.4 is 10.6 Å². The van der Waals surface area contributed by atoms with Crippen molar-refractivity contribution in [2.45, 2.75) is 11.3 Å². The molecule has 0 unspecified atom stereocenters. The lowest BCUT2D eigenvalue weighted by Gasteiger charge is -2.04. The molecule has 0 saturated heterocycles. The Morgan fingerprint density at radius 3 is 2.59 bits per heavy atom. The number of rotatable bonds is 7. The highest BCUT2D eigenvalue weighted by atomic mass is 35.5. The number of carbonyl (C=O) groups excluding carboxylic acids is 1. The van der Waals surface area contributed by atoms with Gasteiger partial charge in [0.15, 0.2) is 0 Å². The molecule has 1 aromatic rings. The lowest BCUT2D eigenvalue weighted by molar-refractivity contribution is -0.118. The summed E-state index contributed by atoms with van der Waals surface area (Å²) in [6, 6.07) is 9.96. The normalized spacial score (nSPS) is 9.47. The predicted octanol–water partition coefficient (Wildman–Crippen LogP) is 1.93. The first-order valence-corrected chi connectivity index (χ1v) is 6.40. The van der Waals surface area contributed by atoms with E-state index in [1.54, 1.807) is 11.8 Å². The Kier molecular flexibility index (Phi) is 10.0. The van der Waals surface area contributed by atoms with Crippen LogP contribution in [0.3, 0.4) is 0 Å². The predicted molar refractivity (Wildman–Crippen MR) is 76.0 cm³/mol. The molecule has 96 valence electrons. The van der Waals surface area contributed by atoms with E-state index in [4.69, 9.17) is 0 Å². The third kappa shape index (κ3) is 8.07. The molecule has 0 spiro atoms. The number of thioether (sulfide) groups is 1. The third-order valence-corrected chi connectivity index (χ3v) is 3.05. The molecular formula is C12H19ClN2OS. The number of benzene rings is 1. The largest absolute Gasteiger partial charge is 0.355 e. The number of hydrogen-bond donors (Lipinski definition) is 2. The van der Waals surface area contributed by atoms with Crippen LogP contribution in [0.5, 0.6) is 0 Å². The molecule has 0 fully saturated rings. The van der Waals surface area contributed by atoms with E-state index in [2.05, 4.69) is 10.6 Å². The van der Waals surface area contributed by atoms with Crippen molar-refractivity contribution < 1.29 is 4.79 Å². The minimum Gasteiger partial charge on any atom is -0.355 e. The van der Waals surface area contributed by atoms with Crippen molar-refractivity contribution in [2.75, 3.05) is 25.9 Å². The molecule has 17 heavy (non-hydrogen) atoms. The first-order chi connectivity index (χ1) is 7.83. The van der Waals surface area contributed by atoms with Gasteiger partial charge in [0.1, 0.15) is 0 Å². The monoisotopic (exact) mass is 274 g/mol. The first kappa shape index (κ1) is 16.3. The highest BCUT2D eigenvalue weighted by Crippen LogP contribution is 2.15. The fraction of sp³-hybridized carbons (Fsp3) is 0.417.